The molecular weight excluding hydrogens is 236 g/mol. The van der Waals surface area contributed by atoms with Crippen LogP contribution in [-0.2, 0) is 15.6 Å². The minimum Gasteiger partial charge on any atom is -0.308 e. The number of hydrogen-bond donors (Lipinski definition) is 0. The summed E-state index contributed by atoms with van der Waals surface area (Å²) in [5, 5.41) is 8.63. The second-order valence-electron chi connectivity index (χ2n) is 4.20. The molecule has 17 heavy (non-hydrogen) atoms. The first-order valence-electron chi connectivity index (χ1n) is 5.27. The SMILES string of the molecule is CN(C)CCS(=O)(=O)Cc1ccc(C#N)cc1. The van der Waals surface area contributed by atoms with Crippen LogP contribution >= 0.6 is 0 Å². The summed E-state index contributed by atoms with van der Waals surface area (Å²) in [4.78, 5) is 1.84. The summed E-state index contributed by atoms with van der Waals surface area (Å²) in [6.45, 7) is 0.526. The Kier molecular flexibility index (Phi) is 4.67. The Labute approximate surface area is 102 Å². The van der Waals surface area contributed by atoms with E-state index >= 15 is 0 Å². The molecule has 0 saturated heterocycles. The van der Waals surface area contributed by atoms with Gasteiger partial charge in [0.05, 0.1) is 23.1 Å². The van der Waals surface area contributed by atoms with E-state index in [1.807, 2.05) is 25.1 Å². The van der Waals surface area contributed by atoms with Crippen LogP contribution < -0.4 is 0 Å². The number of rotatable bonds is 5. The summed E-state index contributed by atoms with van der Waals surface area (Å²) >= 11 is 0. The van der Waals surface area contributed by atoms with Gasteiger partial charge in [0, 0.05) is 6.54 Å². The number of benzene rings is 1. The van der Waals surface area contributed by atoms with Crippen LogP contribution in [0.1, 0.15) is 11.1 Å². The van der Waals surface area contributed by atoms with Gasteiger partial charge in [-0.05, 0) is 31.8 Å². The molecule has 0 aliphatic heterocycles. The highest BCUT2D eigenvalue weighted by Gasteiger charge is 2.12. The van der Waals surface area contributed by atoms with Crippen LogP contribution in [0, 0.1) is 11.3 Å². The van der Waals surface area contributed by atoms with Gasteiger partial charge in [-0.1, -0.05) is 12.1 Å². The predicted octanol–water partition coefficient (Wildman–Crippen LogP) is 1.03. The predicted molar refractivity (Wildman–Crippen MR) is 67.2 cm³/mol. The Hall–Kier alpha value is -1.38. The molecule has 0 atom stereocenters. The number of hydrogen-bond acceptors (Lipinski definition) is 4. The molecule has 0 heterocycles. The highest BCUT2D eigenvalue weighted by molar-refractivity contribution is 7.90. The fraction of sp³-hybridized carbons (Fsp3) is 0.417. The Balaban J connectivity index is 2.67. The minimum atomic E-state index is -3.07. The molecule has 0 aliphatic carbocycles. The van der Waals surface area contributed by atoms with Crippen molar-refractivity contribution in [3.05, 3.63) is 35.4 Å². The van der Waals surface area contributed by atoms with Crippen molar-refractivity contribution < 1.29 is 8.42 Å². The van der Waals surface area contributed by atoms with E-state index in [-0.39, 0.29) is 11.5 Å². The van der Waals surface area contributed by atoms with Crippen molar-refractivity contribution in [1.82, 2.24) is 4.90 Å². The van der Waals surface area contributed by atoms with E-state index in [4.69, 9.17) is 5.26 Å². The zero-order valence-electron chi connectivity index (χ0n) is 10.0. The highest BCUT2D eigenvalue weighted by atomic mass is 32.2. The monoisotopic (exact) mass is 252 g/mol. The third-order valence-electron chi connectivity index (χ3n) is 2.32. The van der Waals surface area contributed by atoms with Crippen LogP contribution in [0.5, 0.6) is 0 Å². The van der Waals surface area contributed by atoms with Crippen LogP contribution in [0.15, 0.2) is 24.3 Å². The van der Waals surface area contributed by atoms with Crippen molar-refractivity contribution in [3.8, 4) is 6.07 Å². The largest absolute Gasteiger partial charge is 0.308 e. The van der Waals surface area contributed by atoms with E-state index in [9.17, 15) is 8.42 Å². The maximum atomic E-state index is 11.8. The van der Waals surface area contributed by atoms with Gasteiger partial charge in [-0.25, -0.2) is 8.42 Å². The topological polar surface area (TPSA) is 61.2 Å². The molecule has 0 amide bonds. The van der Waals surface area contributed by atoms with Gasteiger partial charge in [0.25, 0.3) is 0 Å². The van der Waals surface area contributed by atoms with E-state index in [0.29, 0.717) is 12.1 Å². The van der Waals surface area contributed by atoms with Gasteiger partial charge in [-0.3, -0.25) is 0 Å². The van der Waals surface area contributed by atoms with Crippen LogP contribution in [0.3, 0.4) is 0 Å². The Morgan fingerprint density at radius 1 is 1.24 bits per heavy atom. The third kappa shape index (κ3) is 4.98. The highest BCUT2D eigenvalue weighted by Crippen LogP contribution is 2.08. The quantitative estimate of drug-likeness (QED) is 0.785. The summed E-state index contributed by atoms with van der Waals surface area (Å²) in [6, 6.07) is 8.64. The van der Waals surface area contributed by atoms with Gasteiger partial charge in [0.15, 0.2) is 9.84 Å². The molecule has 0 radical (unpaired) electrons. The molecule has 0 aromatic heterocycles. The van der Waals surface area contributed by atoms with Crippen molar-refractivity contribution in [2.45, 2.75) is 5.75 Å². The molecule has 1 rings (SSSR count). The van der Waals surface area contributed by atoms with Gasteiger partial charge >= 0.3 is 0 Å². The molecule has 0 unspecified atom stereocenters. The first-order chi connectivity index (χ1) is 7.93. The average molecular weight is 252 g/mol. The van der Waals surface area contributed by atoms with Crippen molar-refractivity contribution in [1.29, 1.82) is 5.26 Å². The first-order valence-corrected chi connectivity index (χ1v) is 7.09. The number of nitrogens with zero attached hydrogens (tertiary/aromatic N) is 2. The molecule has 0 saturated carbocycles. The maximum absolute atomic E-state index is 11.8. The van der Waals surface area contributed by atoms with Gasteiger partial charge in [0.2, 0.25) is 0 Å². The van der Waals surface area contributed by atoms with Crippen LogP contribution in [-0.4, -0.2) is 39.7 Å². The Morgan fingerprint density at radius 2 is 1.82 bits per heavy atom. The molecule has 0 fully saturated rings. The lowest BCUT2D eigenvalue weighted by Gasteiger charge is -2.09. The Bertz CT molecular complexity index is 498. The van der Waals surface area contributed by atoms with Crippen LogP contribution in [0.25, 0.3) is 0 Å². The van der Waals surface area contributed by atoms with E-state index in [0.717, 1.165) is 5.56 Å². The lowest BCUT2D eigenvalue weighted by molar-refractivity contribution is 0.432. The Morgan fingerprint density at radius 3 is 2.29 bits per heavy atom. The molecule has 0 aliphatic rings. The normalized spacial score (nSPS) is 11.4. The average Bonchev–Trinajstić information content (AvgIpc) is 2.27. The van der Waals surface area contributed by atoms with E-state index in [1.165, 1.54) is 0 Å². The van der Waals surface area contributed by atoms with Crippen molar-refractivity contribution in [2.24, 2.45) is 0 Å². The summed E-state index contributed by atoms with van der Waals surface area (Å²) in [7, 11) is 0.615. The fourth-order valence-corrected chi connectivity index (χ4v) is 2.81. The second-order valence-corrected chi connectivity index (χ2v) is 6.39. The standard InChI is InChI=1S/C12H16N2O2S/c1-14(2)7-8-17(15,16)10-12-5-3-11(9-13)4-6-12/h3-6H,7-8,10H2,1-2H3. The summed E-state index contributed by atoms with van der Waals surface area (Å²) in [5.41, 5.74) is 1.27. The molecular formula is C12H16N2O2S. The van der Waals surface area contributed by atoms with Crippen molar-refractivity contribution in [2.75, 3.05) is 26.4 Å². The minimum absolute atomic E-state index is 0.0343. The number of nitriles is 1. The van der Waals surface area contributed by atoms with Crippen LogP contribution in [0.2, 0.25) is 0 Å². The zero-order valence-corrected chi connectivity index (χ0v) is 10.9. The van der Waals surface area contributed by atoms with Crippen molar-refractivity contribution >= 4 is 9.84 Å². The van der Waals surface area contributed by atoms with Crippen LogP contribution in [0.4, 0.5) is 0 Å². The molecule has 1 aromatic carbocycles. The molecule has 92 valence electrons. The molecule has 1 aromatic rings. The lowest BCUT2D eigenvalue weighted by atomic mass is 10.2. The summed E-state index contributed by atoms with van der Waals surface area (Å²) in [5.74, 6) is 0.187. The fourth-order valence-electron chi connectivity index (χ4n) is 1.32. The van der Waals surface area contributed by atoms with E-state index in [2.05, 4.69) is 0 Å². The molecule has 0 N–H and O–H groups in total. The van der Waals surface area contributed by atoms with Crippen molar-refractivity contribution in [3.63, 3.8) is 0 Å². The molecule has 0 spiro atoms. The van der Waals surface area contributed by atoms with Gasteiger partial charge in [-0.2, -0.15) is 5.26 Å². The summed E-state index contributed by atoms with van der Waals surface area (Å²) < 4.78 is 23.5. The van der Waals surface area contributed by atoms with E-state index in [1.54, 1.807) is 24.3 Å². The molecule has 0 bridgehead atoms. The number of sulfone groups is 1. The molecule has 5 heteroatoms. The lowest BCUT2D eigenvalue weighted by Crippen LogP contribution is -2.22. The van der Waals surface area contributed by atoms with Gasteiger partial charge in [-0.15, -0.1) is 0 Å². The van der Waals surface area contributed by atoms with Gasteiger partial charge in [0.1, 0.15) is 0 Å². The van der Waals surface area contributed by atoms with Gasteiger partial charge < -0.3 is 4.90 Å². The maximum Gasteiger partial charge on any atom is 0.155 e. The smallest absolute Gasteiger partial charge is 0.155 e. The molecule has 4 nitrogen and oxygen atoms in total. The summed E-state index contributed by atoms with van der Waals surface area (Å²) in [6.07, 6.45) is 0. The van der Waals surface area contributed by atoms with E-state index < -0.39 is 9.84 Å². The zero-order chi connectivity index (χ0) is 12.9. The first kappa shape index (κ1) is 13.7. The second kappa shape index (κ2) is 5.80. The third-order valence-corrected chi connectivity index (χ3v) is 3.90.